The molecule has 7 rings (SSSR count). The van der Waals surface area contributed by atoms with Gasteiger partial charge in [-0.25, -0.2) is 0 Å². The fourth-order valence-electron chi connectivity index (χ4n) is 6.52. The van der Waals surface area contributed by atoms with Gasteiger partial charge in [0.25, 0.3) is 0 Å². The van der Waals surface area contributed by atoms with Crippen LogP contribution in [0.4, 0.5) is 17.1 Å². The lowest BCUT2D eigenvalue weighted by Gasteiger charge is -2.37. The standard InChI is InChI=1S/C44H32N2/c45-33-34-14-13-15-36(32-34)35-24-26-39(27-25-35)44(37-16-5-1-6-17-37,38-18-7-2-8-19-38)40-28-30-43(31-29-40)46(41-20-9-3-10-21-41)42-22-11-4-12-23-42/h1-32H. The molecule has 218 valence electrons. The van der Waals surface area contributed by atoms with Gasteiger partial charge < -0.3 is 4.90 Å². The van der Waals surface area contributed by atoms with Crippen molar-refractivity contribution in [2.24, 2.45) is 0 Å². The van der Waals surface area contributed by atoms with Gasteiger partial charge in [-0.1, -0.05) is 146 Å². The van der Waals surface area contributed by atoms with Gasteiger partial charge in [0.15, 0.2) is 0 Å². The molecule has 0 atom stereocenters. The molecule has 2 heteroatoms. The van der Waals surface area contributed by atoms with Crippen LogP contribution in [0.5, 0.6) is 0 Å². The Kier molecular flexibility index (Phi) is 7.97. The van der Waals surface area contributed by atoms with E-state index in [1.807, 2.05) is 18.2 Å². The average molecular weight is 589 g/mol. The van der Waals surface area contributed by atoms with E-state index in [4.69, 9.17) is 0 Å². The number of hydrogen-bond donors (Lipinski definition) is 0. The summed E-state index contributed by atoms with van der Waals surface area (Å²) in [7, 11) is 0. The van der Waals surface area contributed by atoms with Crippen LogP contribution in [0.15, 0.2) is 194 Å². The van der Waals surface area contributed by atoms with Crippen LogP contribution in [-0.2, 0) is 5.41 Å². The smallest absolute Gasteiger partial charge is 0.0991 e. The first-order valence-corrected chi connectivity index (χ1v) is 15.5. The predicted molar refractivity (Wildman–Crippen MR) is 190 cm³/mol. The van der Waals surface area contributed by atoms with Gasteiger partial charge in [0.2, 0.25) is 0 Å². The second-order valence-electron chi connectivity index (χ2n) is 11.3. The number of anilines is 3. The van der Waals surface area contributed by atoms with Crippen molar-refractivity contribution >= 4 is 17.1 Å². The van der Waals surface area contributed by atoms with E-state index in [0.29, 0.717) is 5.56 Å². The molecule has 0 heterocycles. The Bertz CT molecular complexity index is 1980. The summed E-state index contributed by atoms with van der Waals surface area (Å²) >= 11 is 0. The van der Waals surface area contributed by atoms with Crippen molar-refractivity contribution in [2.75, 3.05) is 4.90 Å². The van der Waals surface area contributed by atoms with Crippen LogP contribution in [0.25, 0.3) is 11.1 Å². The van der Waals surface area contributed by atoms with Gasteiger partial charge in [-0.15, -0.1) is 0 Å². The fraction of sp³-hybridized carbons (Fsp3) is 0.0227. The highest BCUT2D eigenvalue weighted by molar-refractivity contribution is 5.77. The SMILES string of the molecule is N#Cc1cccc(-c2ccc(C(c3ccccc3)(c3ccccc3)c3ccc(N(c4ccccc4)c4ccccc4)cc3)cc2)c1. The highest BCUT2D eigenvalue weighted by Crippen LogP contribution is 2.46. The van der Waals surface area contributed by atoms with Gasteiger partial charge in [-0.05, 0) is 81.9 Å². The third kappa shape index (κ3) is 5.36. The number of nitrogens with zero attached hydrogens (tertiary/aromatic N) is 2. The van der Waals surface area contributed by atoms with Gasteiger partial charge in [0, 0.05) is 17.1 Å². The van der Waals surface area contributed by atoms with Crippen molar-refractivity contribution in [3.05, 3.63) is 222 Å². The molecule has 0 unspecified atom stereocenters. The maximum Gasteiger partial charge on any atom is 0.0991 e. The van der Waals surface area contributed by atoms with Crippen LogP contribution in [0, 0.1) is 11.3 Å². The second kappa shape index (κ2) is 12.8. The lowest BCUT2D eigenvalue weighted by Crippen LogP contribution is -2.31. The van der Waals surface area contributed by atoms with Gasteiger partial charge in [0.1, 0.15) is 0 Å². The number of hydrogen-bond acceptors (Lipinski definition) is 2. The largest absolute Gasteiger partial charge is 0.311 e. The molecule has 7 aromatic rings. The van der Waals surface area contributed by atoms with Crippen LogP contribution in [0.3, 0.4) is 0 Å². The highest BCUT2D eigenvalue weighted by atomic mass is 15.1. The van der Waals surface area contributed by atoms with E-state index < -0.39 is 5.41 Å². The minimum Gasteiger partial charge on any atom is -0.311 e. The molecule has 0 spiro atoms. The van der Waals surface area contributed by atoms with E-state index in [1.165, 1.54) is 22.3 Å². The van der Waals surface area contributed by atoms with E-state index in [-0.39, 0.29) is 0 Å². The summed E-state index contributed by atoms with van der Waals surface area (Å²) in [5, 5.41) is 9.47. The predicted octanol–water partition coefficient (Wildman–Crippen LogP) is 11.1. The average Bonchev–Trinajstić information content (AvgIpc) is 3.15. The van der Waals surface area contributed by atoms with Gasteiger partial charge in [0.05, 0.1) is 17.0 Å². The molecule has 46 heavy (non-hydrogen) atoms. The first-order valence-electron chi connectivity index (χ1n) is 15.5. The minimum absolute atomic E-state index is 0.571. The molecule has 7 aromatic carbocycles. The third-order valence-electron chi connectivity index (χ3n) is 8.64. The molecule has 2 nitrogen and oxygen atoms in total. The zero-order valence-electron chi connectivity index (χ0n) is 25.4. The first kappa shape index (κ1) is 28.6. The number of benzene rings is 7. The number of rotatable bonds is 8. The summed E-state index contributed by atoms with van der Waals surface area (Å²) in [6, 6.07) is 70.4. The Hall–Kier alpha value is -6.17. The molecule has 0 fully saturated rings. The summed E-state index contributed by atoms with van der Waals surface area (Å²) in [6.07, 6.45) is 0. The van der Waals surface area contributed by atoms with Crippen molar-refractivity contribution in [1.29, 1.82) is 5.26 Å². The molecule has 0 N–H and O–H groups in total. The molecule has 0 aliphatic heterocycles. The molecule has 0 bridgehead atoms. The number of nitriles is 1. The number of para-hydroxylation sites is 2. The van der Waals surface area contributed by atoms with Crippen LogP contribution in [-0.4, -0.2) is 0 Å². The van der Waals surface area contributed by atoms with E-state index in [2.05, 4.69) is 187 Å². The van der Waals surface area contributed by atoms with Crippen LogP contribution >= 0.6 is 0 Å². The summed E-state index contributed by atoms with van der Waals surface area (Å²) in [5.74, 6) is 0. The van der Waals surface area contributed by atoms with Crippen molar-refractivity contribution < 1.29 is 0 Å². The molecule has 0 aliphatic rings. The lowest BCUT2D eigenvalue weighted by atomic mass is 9.65. The van der Waals surface area contributed by atoms with Gasteiger partial charge >= 0.3 is 0 Å². The van der Waals surface area contributed by atoms with Gasteiger partial charge in [-0.2, -0.15) is 5.26 Å². The lowest BCUT2D eigenvalue weighted by molar-refractivity contribution is 0.745. The molecule has 0 aliphatic carbocycles. The van der Waals surface area contributed by atoms with Crippen molar-refractivity contribution in [3.63, 3.8) is 0 Å². The van der Waals surface area contributed by atoms with E-state index >= 15 is 0 Å². The van der Waals surface area contributed by atoms with Crippen LogP contribution < -0.4 is 4.90 Å². The Morgan fingerprint density at radius 1 is 0.370 bits per heavy atom. The molecule has 0 saturated carbocycles. The summed E-state index contributed by atoms with van der Waals surface area (Å²) in [4.78, 5) is 2.29. The Balaban J connectivity index is 1.41. The second-order valence-corrected chi connectivity index (χ2v) is 11.3. The maximum atomic E-state index is 9.47. The normalized spacial score (nSPS) is 11.0. The van der Waals surface area contributed by atoms with Crippen LogP contribution in [0.2, 0.25) is 0 Å². The van der Waals surface area contributed by atoms with Crippen molar-refractivity contribution in [3.8, 4) is 17.2 Å². The molecule has 0 saturated heterocycles. The topological polar surface area (TPSA) is 27.0 Å². The monoisotopic (exact) mass is 588 g/mol. The summed E-state index contributed by atoms with van der Waals surface area (Å²) in [5.41, 5.74) is 10.2. The minimum atomic E-state index is -0.571. The molecule has 0 aromatic heterocycles. The summed E-state index contributed by atoms with van der Waals surface area (Å²) < 4.78 is 0. The van der Waals surface area contributed by atoms with Crippen LogP contribution in [0.1, 0.15) is 27.8 Å². The van der Waals surface area contributed by atoms with Crippen molar-refractivity contribution in [2.45, 2.75) is 5.41 Å². The molecule has 0 radical (unpaired) electrons. The zero-order valence-corrected chi connectivity index (χ0v) is 25.4. The van der Waals surface area contributed by atoms with E-state index in [0.717, 1.165) is 28.2 Å². The molecular weight excluding hydrogens is 556 g/mol. The quantitative estimate of drug-likeness (QED) is 0.165. The maximum absolute atomic E-state index is 9.47. The first-order chi connectivity index (χ1) is 22.8. The highest BCUT2D eigenvalue weighted by Gasteiger charge is 2.38. The van der Waals surface area contributed by atoms with Gasteiger partial charge in [-0.3, -0.25) is 0 Å². The summed E-state index contributed by atoms with van der Waals surface area (Å²) in [6.45, 7) is 0. The van der Waals surface area contributed by atoms with Crippen molar-refractivity contribution in [1.82, 2.24) is 0 Å². The third-order valence-corrected chi connectivity index (χ3v) is 8.64. The van der Waals surface area contributed by atoms with E-state index in [9.17, 15) is 5.26 Å². The molecule has 0 amide bonds. The van der Waals surface area contributed by atoms with E-state index in [1.54, 1.807) is 0 Å². The Labute approximate surface area is 271 Å². The Morgan fingerprint density at radius 3 is 1.26 bits per heavy atom. The fourth-order valence-corrected chi connectivity index (χ4v) is 6.52. The molecular formula is C44H32N2. The zero-order chi connectivity index (χ0) is 31.2. The Morgan fingerprint density at radius 2 is 0.783 bits per heavy atom.